The lowest BCUT2D eigenvalue weighted by molar-refractivity contribution is 0.0783. The van der Waals surface area contributed by atoms with Crippen molar-refractivity contribution in [2.45, 2.75) is 64.4 Å². The predicted molar refractivity (Wildman–Crippen MR) is 136 cm³/mol. The highest BCUT2D eigenvalue weighted by Gasteiger charge is 2.31. The van der Waals surface area contributed by atoms with Gasteiger partial charge in [-0.05, 0) is 57.9 Å². The minimum atomic E-state index is 0. The second kappa shape index (κ2) is 13.6. The number of thioether (sulfide) groups is 1. The minimum Gasteiger partial charge on any atom is -0.490 e. The highest BCUT2D eigenvalue weighted by atomic mass is 127. The minimum absolute atomic E-state index is 0. The molecule has 1 fully saturated rings. The summed E-state index contributed by atoms with van der Waals surface area (Å²) in [5.74, 6) is 1.80. The van der Waals surface area contributed by atoms with Gasteiger partial charge < -0.3 is 20.1 Å². The molecule has 1 aromatic carbocycles. The number of hydrogen-bond donors (Lipinski definition) is 2. The molecule has 1 aliphatic rings. The lowest BCUT2D eigenvalue weighted by Crippen LogP contribution is -2.47. The lowest BCUT2D eigenvalue weighted by atomic mass is 9.99. The van der Waals surface area contributed by atoms with Crippen molar-refractivity contribution in [1.29, 1.82) is 0 Å². The Kier molecular flexibility index (Phi) is 12.4. The zero-order chi connectivity index (χ0) is 20.4. The number of halogens is 1. The third kappa shape index (κ3) is 8.53. The standard InChI is InChI=1S/C22H37N3O2S.HI/c1-6-18(4)27-20-14-17(3)8-9-19(20)15-24-21(23-7-2)25-16-22(28-5)10-12-26-13-11-22;/h8-9,14,18H,6-7,10-13,15-16H2,1-5H3,(H2,23,24,25);1H. The van der Waals surface area contributed by atoms with Crippen molar-refractivity contribution in [3.63, 3.8) is 0 Å². The van der Waals surface area contributed by atoms with E-state index in [-0.39, 0.29) is 34.8 Å². The Bertz CT molecular complexity index is 636. The van der Waals surface area contributed by atoms with E-state index in [0.717, 1.165) is 62.8 Å². The molecule has 1 aromatic rings. The maximum absolute atomic E-state index is 6.13. The molecule has 29 heavy (non-hydrogen) atoms. The van der Waals surface area contributed by atoms with Gasteiger partial charge in [0, 0.05) is 36.6 Å². The second-order valence-electron chi connectivity index (χ2n) is 7.50. The lowest BCUT2D eigenvalue weighted by Gasteiger charge is -2.36. The van der Waals surface area contributed by atoms with Crippen LogP contribution in [-0.4, -0.2) is 49.4 Å². The van der Waals surface area contributed by atoms with Gasteiger partial charge in [-0.25, -0.2) is 4.99 Å². The van der Waals surface area contributed by atoms with Crippen LogP contribution >= 0.6 is 35.7 Å². The van der Waals surface area contributed by atoms with Crippen LogP contribution in [0.15, 0.2) is 23.2 Å². The molecule has 2 N–H and O–H groups in total. The van der Waals surface area contributed by atoms with E-state index in [1.165, 1.54) is 5.56 Å². The van der Waals surface area contributed by atoms with Gasteiger partial charge in [0.15, 0.2) is 5.96 Å². The molecule has 0 saturated carbocycles. The van der Waals surface area contributed by atoms with E-state index in [0.29, 0.717) is 6.54 Å². The van der Waals surface area contributed by atoms with Crippen molar-refractivity contribution < 1.29 is 9.47 Å². The largest absolute Gasteiger partial charge is 0.490 e. The third-order valence-corrected chi connectivity index (χ3v) is 6.71. The summed E-state index contributed by atoms with van der Waals surface area (Å²) >= 11 is 1.94. The Morgan fingerprint density at radius 2 is 2.00 bits per heavy atom. The molecule has 166 valence electrons. The number of guanidine groups is 1. The number of hydrogen-bond acceptors (Lipinski definition) is 4. The van der Waals surface area contributed by atoms with Gasteiger partial charge in [-0.15, -0.1) is 24.0 Å². The average molecular weight is 536 g/mol. The number of aliphatic imine (C=N–C) groups is 1. The Morgan fingerprint density at radius 1 is 1.28 bits per heavy atom. The van der Waals surface area contributed by atoms with E-state index < -0.39 is 0 Å². The predicted octanol–water partition coefficient (Wildman–Crippen LogP) is 4.76. The number of nitrogens with zero attached hydrogens (tertiary/aromatic N) is 1. The quantitative estimate of drug-likeness (QED) is 0.272. The monoisotopic (exact) mass is 535 g/mol. The maximum atomic E-state index is 6.13. The summed E-state index contributed by atoms with van der Waals surface area (Å²) in [5.41, 5.74) is 2.33. The number of rotatable bonds is 9. The van der Waals surface area contributed by atoms with E-state index in [2.05, 4.69) is 62.8 Å². The molecule has 0 bridgehead atoms. The van der Waals surface area contributed by atoms with Crippen LogP contribution in [-0.2, 0) is 11.3 Å². The number of benzene rings is 1. The summed E-state index contributed by atoms with van der Waals surface area (Å²) in [6, 6.07) is 6.36. The van der Waals surface area contributed by atoms with Gasteiger partial charge in [-0.3, -0.25) is 0 Å². The topological polar surface area (TPSA) is 54.9 Å². The van der Waals surface area contributed by atoms with Crippen LogP contribution in [0.4, 0.5) is 0 Å². The summed E-state index contributed by atoms with van der Waals surface area (Å²) in [7, 11) is 0. The van der Waals surface area contributed by atoms with Crippen LogP contribution in [0.2, 0.25) is 0 Å². The van der Waals surface area contributed by atoms with E-state index in [1.807, 2.05) is 11.8 Å². The first kappa shape index (κ1) is 26.4. The fourth-order valence-corrected chi connectivity index (χ4v) is 3.94. The summed E-state index contributed by atoms with van der Waals surface area (Å²) < 4.78 is 11.9. The molecule has 0 aromatic heterocycles. The van der Waals surface area contributed by atoms with Gasteiger partial charge in [0.2, 0.25) is 0 Å². The second-order valence-corrected chi connectivity index (χ2v) is 8.77. The first-order valence-electron chi connectivity index (χ1n) is 10.4. The molecule has 0 aliphatic carbocycles. The SMILES string of the molecule is CCNC(=NCc1ccc(C)cc1OC(C)CC)NCC1(SC)CCOCC1.I. The molecule has 1 saturated heterocycles. The Morgan fingerprint density at radius 3 is 2.62 bits per heavy atom. The first-order valence-corrected chi connectivity index (χ1v) is 11.7. The zero-order valence-electron chi connectivity index (χ0n) is 18.5. The summed E-state index contributed by atoms with van der Waals surface area (Å²) in [6.45, 7) is 12.5. The van der Waals surface area contributed by atoms with Crippen LogP contribution in [0, 0.1) is 6.92 Å². The molecule has 0 spiro atoms. The number of nitrogens with one attached hydrogen (secondary N) is 2. The van der Waals surface area contributed by atoms with E-state index in [9.17, 15) is 0 Å². The molecule has 1 heterocycles. The molecule has 1 atom stereocenters. The molecule has 0 radical (unpaired) electrons. The van der Waals surface area contributed by atoms with Gasteiger partial charge >= 0.3 is 0 Å². The van der Waals surface area contributed by atoms with E-state index in [1.54, 1.807) is 0 Å². The van der Waals surface area contributed by atoms with Gasteiger partial charge in [-0.2, -0.15) is 11.8 Å². The summed E-state index contributed by atoms with van der Waals surface area (Å²) in [5, 5.41) is 6.93. The Hall–Kier alpha value is -0.670. The summed E-state index contributed by atoms with van der Waals surface area (Å²) in [6.07, 6.45) is 5.53. The van der Waals surface area contributed by atoms with Crippen molar-refractivity contribution in [3.05, 3.63) is 29.3 Å². The van der Waals surface area contributed by atoms with Gasteiger partial charge in [0.25, 0.3) is 0 Å². The molecule has 0 amide bonds. The van der Waals surface area contributed by atoms with Crippen molar-refractivity contribution in [2.24, 2.45) is 4.99 Å². The normalized spacial score (nSPS) is 17.2. The van der Waals surface area contributed by atoms with Crippen LogP contribution in [0.3, 0.4) is 0 Å². The van der Waals surface area contributed by atoms with Gasteiger partial charge in [0.1, 0.15) is 5.75 Å². The molecule has 1 aliphatic heterocycles. The Labute approximate surface area is 198 Å². The fraction of sp³-hybridized carbons (Fsp3) is 0.682. The van der Waals surface area contributed by atoms with E-state index in [4.69, 9.17) is 14.5 Å². The first-order chi connectivity index (χ1) is 13.5. The van der Waals surface area contributed by atoms with Crippen LogP contribution in [0.25, 0.3) is 0 Å². The number of aryl methyl sites for hydroxylation is 1. The van der Waals surface area contributed by atoms with Crippen LogP contribution in [0.5, 0.6) is 5.75 Å². The molecule has 7 heteroatoms. The average Bonchev–Trinajstić information content (AvgIpc) is 2.71. The molecule has 1 unspecified atom stereocenters. The smallest absolute Gasteiger partial charge is 0.191 e. The Balaban J connectivity index is 0.00000420. The molecule has 2 rings (SSSR count). The maximum Gasteiger partial charge on any atom is 0.191 e. The highest BCUT2D eigenvalue weighted by Crippen LogP contribution is 2.33. The zero-order valence-corrected chi connectivity index (χ0v) is 21.7. The van der Waals surface area contributed by atoms with E-state index >= 15 is 0 Å². The highest BCUT2D eigenvalue weighted by molar-refractivity contribution is 14.0. The number of ether oxygens (including phenoxy) is 2. The van der Waals surface area contributed by atoms with Crippen LogP contribution in [0.1, 0.15) is 51.2 Å². The van der Waals surface area contributed by atoms with Crippen molar-refractivity contribution in [1.82, 2.24) is 10.6 Å². The van der Waals surface area contributed by atoms with Crippen molar-refractivity contribution in [2.75, 3.05) is 32.6 Å². The third-order valence-electron chi connectivity index (χ3n) is 5.29. The van der Waals surface area contributed by atoms with Gasteiger partial charge in [0.05, 0.1) is 12.6 Å². The van der Waals surface area contributed by atoms with Crippen molar-refractivity contribution >= 4 is 41.7 Å². The fourth-order valence-electron chi connectivity index (χ4n) is 3.15. The van der Waals surface area contributed by atoms with Crippen LogP contribution < -0.4 is 15.4 Å². The van der Waals surface area contributed by atoms with Crippen molar-refractivity contribution in [3.8, 4) is 5.75 Å². The molecular weight excluding hydrogens is 497 g/mol. The summed E-state index contributed by atoms with van der Waals surface area (Å²) in [4.78, 5) is 4.83. The van der Waals surface area contributed by atoms with Gasteiger partial charge in [-0.1, -0.05) is 19.1 Å². The molecule has 5 nitrogen and oxygen atoms in total. The molecular formula is C22H38IN3O2S.